The van der Waals surface area contributed by atoms with Gasteiger partial charge in [-0.15, -0.1) is 24.0 Å². The maximum absolute atomic E-state index is 11.3. The molecule has 1 saturated carbocycles. The molecule has 0 bridgehead atoms. The van der Waals surface area contributed by atoms with Crippen molar-refractivity contribution in [2.45, 2.75) is 44.9 Å². The number of guanidine groups is 1. The minimum absolute atomic E-state index is 0. The lowest BCUT2D eigenvalue weighted by Gasteiger charge is -2.14. The van der Waals surface area contributed by atoms with Gasteiger partial charge in [-0.05, 0) is 50.2 Å². The highest BCUT2D eigenvalue weighted by Crippen LogP contribution is 2.32. The van der Waals surface area contributed by atoms with Crippen LogP contribution in [-0.2, 0) is 14.3 Å². The lowest BCUT2D eigenvalue weighted by Crippen LogP contribution is -2.32. The Morgan fingerprint density at radius 2 is 1.97 bits per heavy atom. The third kappa shape index (κ3) is 10.2. The number of hydrogen-bond donors (Lipinski definition) is 2. The number of methoxy groups -OCH3 is 1. The van der Waals surface area contributed by atoms with Crippen molar-refractivity contribution in [3.05, 3.63) is 18.2 Å². The molecule has 32 heavy (non-hydrogen) atoms. The first-order valence-corrected chi connectivity index (χ1v) is 11.3. The van der Waals surface area contributed by atoms with Crippen molar-refractivity contribution in [1.29, 1.82) is 0 Å². The number of halogens is 1. The van der Waals surface area contributed by atoms with Crippen LogP contribution in [0.1, 0.15) is 44.9 Å². The third-order valence-electron chi connectivity index (χ3n) is 5.11. The van der Waals surface area contributed by atoms with Gasteiger partial charge >= 0.3 is 5.97 Å². The van der Waals surface area contributed by atoms with Crippen LogP contribution in [0.15, 0.2) is 23.2 Å². The van der Waals surface area contributed by atoms with Crippen LogP contribution in [0.25, 0.3) is 0 Å². The van der Waals surface area contributed by atoms with Gasteiger partial charge in [0.05, 0.1) is 20.3 Å². The van der Waals surface area contributed by atoms with Gasteiger partial charge in [-0.1, -0.05) is 0 Å². The number of nitrogens with one attached hydrogen (secondary N) is 2. The first-order chi connectivity index (χ1) is 15.2. The van der Waals surface area contributed by atoms with E-state index in [9.17, 15) is 4.79 Å². The zero-order valence-electron chi connectivity index (χ0n) is 18.9. The first kappa shape index (κ1) is 26.5. The molecule has 8 nitrogen and oxygen atoms in total. The maximum Gasteiger partial charge on any atom is 0.305 e. The van der Waals surface area contributed by atoms with Crippen molar-refractivity contribution in [1.82, 2.24) is 5.32 Å². The number of anilines is 1. The van der Waals surface area contributed by atoms with Crippen LogP contribution in [0.5, 0.6) is 11.5 Å². The summed E-state index contributed by atoms with van der Waals surface area (Å²) in [5.41, 5.74) is 0.884. The molecule has 0 amide bonds. The number of carbonyl (C=O) groups excluding carboxylic acids is 1. The number of carbonyl (C=O) groups is 1. The molecule has 1 heterocycles. The number of hydrogen-bond acceptors (Lipinski definition) is 6. The second-order valence-electron chi connectivity index (χ2n) is 7.90. The fraction of sp³-hybridized carbons (Fsp3) is 0.652. The molecule has 0 unspecified atom stereocenters. The normalized spacial score (nSPS) is 15.3. The van der Waals surface area contributed by atoms with E-state index in [1.165, 1.54) is 20.0 Å². The monoisotopic (exact) mass is 561 g/mol. The van der Waals surface area contributed by atoms with Crippen LogP contribution < -0.4 is 20.1 Å². The van der Waals surface area contributed by atoms with Crippen LogP contribution >= 0.6 is 24.0 Å². The molecule has 1 fully saturated rings. The third-order valence-corrected chi connectivity index (χ3v) is 5.11. The fourth-order valence-electron chi connectivity index (χ4n) is 3.11. The molecule has 1 aliphatic carbocycles. The van der Waals surface area contributed by atoms with Crippen molar-refractivity contribution >= 4 is 41.6 Å². The number of aliphatic imine (C=N–C) groups is 1. The van der Waals surface area contributed by atoms with Gasteiger partial charge in [0.15, 0.2) is 17.5 Å². The highest BCUT2D eigenvalue weighted by molar-refractivity contribution is 14.0. The summed E-state index contributed by atoms with van der Waals surface area (Å²) in [6.45, 7) is 4.32. The molecule has 180 valence electrons. The summed E-state index contributed by atoms with van der Waals surface area (Å²) in [5, 5.41) is 6.70. The molecule has 3 rings (SSSR count). The maximum atomic E-state index is 11.3. The van der Waals surface area contributed by atoms with E-state index in [0.29, 0.717) is 38.7 Å². The standard InChI is InChI=1S/C23H35N3O5.HI/c1-28-22(27)6-2-3-11-24-23(25-12-4-13-29-17-18-7-8-18)26-19-9-10-20-21(16-19)31-15-5-14-30-20;/h9-10,16,18H,2-8,11-15,17H2,1H3,(H2,24,25,26);1H. The molecule has 2 aliphatic rings. The molecule has 0 radical (unpaired) electrons. The van der Waals surface area contributed by atoms with E-state index in [4.69, 9.17) is 14.2 Å². The molecule has 0 aromatic heterocycles. The average molecular weight is 561 g/mol. The molecule has 0 spiro atoms. The van der Waals surface area contributed by atoms with Crippen molar-refractivity contribution in [3.63, 3.8) is 0 Å². The number of ether oxygens (including phenoxy) is 4. The van der Waals surface area contributed by atoms with Gasteiger partial charge in [0, 0.05) is 50.9 Å². The van der Waals surface area contributed by atoms with E-state index in [0.717, 1.165) is 62.0 Å². The molecular weight excluding hydrogens is 525 g/mol. The number of rotatable bonds is 12. The summed E-state index contributed by atoms with van der Waals surface area (Å²) in [6.07, 6.45) is 6.42. The molecule has 9 heteroatoms. The van der Waals surface area contributed by atoms with Crippen LogP contribution in [0.3, 0.4) is 0 Å². The summed E-state index contributed by atoms with van der Waals surface area (Å²) < 4.78 is 21.9. The number of fused-ring (bicyclic) bond motifs is 1. The number of benzene rings is 1. The van der Waals surface area contributed by atoms with Gasteiger partial charge in [0.1, 0.15) is 0 Å². The minimum Gasteiger partial charge on any atom is -0.490 e. The Labute approximate surface area is 207 Å². The van der Waals surface area contributed by atoms with Crippen LogP contribution in [0.4, 0.5) is 5.69 Å². The largest absolute Gasteiger partial charge is 0.490 e. The number of nitrogens with zero attached hydrogens (tertiary/aromatic N) is 1. The first-order valence-electron chi connectivity index (χ1n) is 11.3. The van der Waals surface area contributed by atoms with Crippen molar-refractivity contribution in [2.24, 2.45) is 10.9 Å². The lowest BCUT2D eigenvalue weighted by molar-refractivity contribution is -0.140. The van der Waals surface area contributed by atoms with Crippen molar-refractivity contribution in [2.75, 3.05) is 51.9 Å². The quantitative estimate of drug-likeness (QED) is 0.131. The van der Waals surface area contributed by atoms with Crippen LogP contribution in [-0.4, -0.2) is 58.6 Å². The number of unbranched alkanes of at least 4 members (excludes halogenated alkanes) is 1. The smallest absolute Gasteiger partial charge is 0.305 e. The van der Waals surface area contributed by atoms with Gasteiger partial charge in [-0.3, -0.25) is 9.79 Å². The zero-order valence-corrected chi connectivity index (χ0v) is 21.2. The molecular formula is C23H36IN3O5. The van der Waals surface area contributed by atoms with E-state index in [-0.39, 0.29) is 29.9 Å². The van der Waals surface area contributed by atoms with Gasteiger partial charge in [-0.2, -0.15) is 0 Å². The summed E-state index contributed by atoms with van der Waals surface area (Å²) in [4.78, 5) is 15.9. The van der Waals surface area contributed by atoms with Crippen molar-refractivity contribution in [3.8, 4) is 11.5 Å². The Morgan fingerprint density at radius 3 is 2.75 bits per heavy atom. The van der Waals surface area contributed by atoms with E-state index < -0.39 is 0 Å². The number of esters is 1. The summed E-state index contributed by atoms with van der Waals surface area (Å²) in [5.74, 6) is 2.82. The second kappa shape index (κ2) is 15.2. The highest BCUT2D eigenvalue weighted by Gasteiger charge is 2.20. The molecule has 1 aromatic carbocycles. The molecule has 0 saturated heterocycles. The highest BCUT2D eigenvalue weighted by atomic mass is 127. The molecule has 1 aromatic rings. The van der Waals surface area contributed by atoms with Crippen LogP contribution in [0.2, 0.25) is 0 Å². The topological polar surface area (TPSA) is 90.4 Å². The average Bonchev–Trinajstić information content (AvgIpc) is 3.62. The molecule has 0 atom stereocenters. The van der Waals surface area contributed by atoms with Crippen molar-refractivity contribution < 1.29 is 23.7 Å². The fourth-order valence-corrected chi connectivity index (χ4v) is 3.11. The Bertz CT molecular complexity index is 728. The predicted molar refractivity (Wildman–Crippen MR) is 135 cm³/mol. The van der Waals surface area contributed by atoms with E-state index in [2.05, 4.69) is 20.4 Å². The minimum atomic E-state index is -0.176. The lowest BCUT2D eigenvalue weighted by atomic mass is 10.2. The second-order valence-corrected chi connectivity index (χ2v) is 7.90. The molecule has 2 N–H and O–H groups in total. The Morgan fingerprint density at radius 1 is 1.16 bits per heavy atom. The summed E-state index contributed by atoms with van der Waals surface area (Å²) in [6, 6.07) is 5.82. The SMILES string of the molecule is COC(=O)CCCCNC(=NCCCOCC1CC1)Nc1ccc2c(c1)OCCCO2.I. The van der Waals surface area contributed by atoms with Gasteiger partial charge in [0.25, 0.3) is 0 Å². The van der Waals surface area contributed by atoms with Gasteiger partial charge in [-0.25, -0.2) is 0 Å². The van der Waals surface area contributed by atoms with Gasteiger partial charge < -0.3 is 29.6 Å². The van der Waals surface area contributed by atoms with E-state index in [1.54, 1.807) is 0 Å². The van der Waals surface area contributed by atoms with E-state index >= 15 is 0 Å². The summed E-state index contributed by atoms with van der Waals surface area (Å²) >= 11 is 0. The summed E-state index contributed by atoms with van der Waals surface area (Å²) in [7, 11) is 1.42. The zero-order chi connectivity index (χ0) is 21.7. The van der Waals surface area contributed by atoms with Gasteiger partial charge in [0.2, 0.25) is 0 Å². The predicted octanol–water partition coefficient (Wildman–Crippen LogP) is 3.98. The Hall–Kier alpha value is -1.75. The Kier molecular flexibility index (Phi) is 12.5. The Balaban J connectivity index is 0.00000363. The van der Waals surface area contributed by atoms with E-state index in [1.807, 2.05) is 18.2 Å². The van der Waals surface area contributed by atoms with Crippen LogP contribution in [0, 0.1) is 5.92 Å². The molecule has 1 aliphatic heterocycles.